The van der Waals surface area contributed by atoms with E-state index in [0.29, 0.717) is 16.4 Å². The van der Waals surface area contributed by atoms with Crippen molar-refractivity contribution in [3.8, 4) is 0 Å². The molecule has 2 aromatic heterocycles. The number of likely N-dealkylation sites (tertiary alicyclic amines) is 1. The van der Waals surface area contributed by atoms with E-state index in [1.54, 1.807) is 19.9 Å². The molecule has 1 fully saturated rings. The summed E-state index contributed by atoms with van der Waals surface area (Å²) in [5.41, 5.74) is -0.515. The fourth-order valence-electron chi connectivity index (χ4n) is 4.62. The summed E-state index contributed by atoms with van der Waals surface area (Å²) in [6, 6.07) is 2.68. The summed E-state index contributed by atoms with van der Waals surface area (Å²) in [6.07, 6.45) is -3.71. The molecule has 0 radical (unpaired) electrons. The predicted octanol–water partition coefficient (Wildman–Crippen LogP) is 5.05. The van der Waals surface area contributed by atoms with Gasteiger partial charge in [0.25, 0.3) is 5.91 Å². The molecule has 0 saturated carbocycles. The van der Waals surface area contributed by atoms with Gasteiger partial charge in [-0.05, 0) is 43.0 Å². The van der Waals surface area contributed by atoms with E-state index in [4.69, 9.17) is 11.6 Å². The number of aromatic amines is 1. The summed E-state index contributed by atoms with van der Waals surface area (Å²) >= 11 is 6.45. The highest BCUT2D eigenvalue weighted by Crippen LogP contribution is 2.36. The van der Waals surface area contributed by atoms with E-state index in [0.717, 1.165) is 17.0 Å². The van der Waals surface area contributed by atoms with Crippen LogP contribution < -0.4 is 10.6 Å². The number of H-pyrrole nitrogens is 1. The van der Waals surface area contributed by atoms with Crippen molar-refractivity contribution in [3.63, 3.8) is 0 Å². The monoisotopic (exact) mass is 565 g/mol. The van der Waals surface area contributed by atoms with Crippen molar-refractivity contribution in [3.05, 3.63) is 52.6 Å². The number of aromatic nitrogens is 4. The first-order chi connectivity index (χ1) is 18.1. The van der Waals surface area contributed by atoms with Gasteiger partial charge in [0.1, 0.15) is 11.5 Å². The Morgan fingerprint density at radius 1 is 1.26 bits per heavy atom. The van der Waals surface area contributed by atoms with Crippen LogP contribution >= 0.6 is 11.6 Å². The molecule has 39 heavy (non-hydrogen) atoms. The van der Waals surface area contributed by atoms with Crippen molar-refractivity contribution in [2.24, 2.45) is 0 Å². The average Bonchev–Trinajstić information content (AvgIpc) is 3.39. The van der Waals surface area contributed by atoms with Crippen molar-refractivity contribution in [2.75, 3.05) is 18.4 Å². The summed E-state index contributed by atoms with van der Waals surface area (Å²) in [6.45, 7) is 13.1. The van der Waals surface area contributed by atoms with Gasteiger partial charge in [-0.1, -0.05) is 39.0 Å². The number of fused-ring (bicyclic) bond motifs is 1. The summed E-state index contributed by atoms with van der Waals surface area (Å²) < 4.78 is 43.5. The third kappa shape index (κ3) is 5.61. The number of halogens is 4. The molecule has 1 aromatic carbocycles. The number of rotatable bonds is 7. The Labute approximate surface area is 228 Å². The van der Waals surface area contributed by atoms with E-state index in [9.17, 15) is 22.8 Å². The molecular weight excluding hydrogens is 535 g/mol. The maximum absolute atomic E-state index is 14.1. The molecule has 3 N–H and O–H groups in total. The second-order valence-corrected chi connectivity index (χ2v) is 11.3. The molecule has 0 atom stereocenters. The molecule has 1 aliphatic heterocycles. The van der Waals surface area contributed by atoms with E-state index in [1.807, 2.05) is 26.8 Å². The molecular formula is C26H31ClF3N7O2. The minimum atomic E-state index is -4.86. The van der Waals surface area contributed by atoms with E-state index < -0.39 is 35.6 Å². The highest BCUT2D eigenvalue weighted by molar-refractivity contribution is 6.32. The summed E-state index contributed by atoms with van der Waals surface area (Å²) in [4.78, 5) is 30.1. The number of anilines is 1. The summed E-state index contributed by atoms with van der Waals surface area (Å²) in [5.74, 6) is -0.757. The Balaban J connectivity index is 1.64. The lowest BCUT2D eigenvalue weighted by Gasteiger charge is -2.39. The second kappa shape index (κ2) is 10.2. The first-order valence-electron chi connectivity index (χ1n) is 12.4. The minimum absolute atomic E-state index is 0.0284. The van der Waals surface area contributed by atoms with Gasteiger partial charge in [0.05, 0.1) is 18.1 Å². The lowest BCUT2D eigenvalue weighted by Crippen LogP contribution is -2.60. The maximum atomic E-state index is 14.1. The molecule has 4 rings (SSSR count). The SMILES string of the molecule is C=CC(=O)N1CC(NC(=O)c2c(C(F)(F)F)nc(CNc3n[nH]c4cc(Cl)c(C(C)(C)C)cc34)n2C(C)C)C1. The maximum Gasteiger partial charge on any atom is 0.435 e. The number of nitrogens with zero attached hydrogens (tertiary/aromatic N) is 4. The normalized spacial score (nSPS) is 14.6. The average molecular weight is 566 g/mol. The van der Waals surface area contributed by atoms with Gasteiger partial charge in [0, 0.05) is 29.5 Å². The Hall–Kier alpha value is -3.54. The second-order valence-electron chi connectivity index (χ2n) is 10.9. The van der Waals surface area contributed by atoms with Gasteiger partial charge in [-0.2, -0.15) is 18.3 Å². The van der Waals surface area contributed by atoms with Gasteiger partial charge in [0.2, 0.25) is 5.91 Å². The van der Waals surface area contributed by atoms with Gasteiger partial charge in [-0.25, -0.2) is 4.98 Å². The first-order valence-corrected chi connectivity index (χ1v) is 12.8. The van der Waals surface area contributed by atoms with Gasteiger partial charge in [-0.15, -0.1) is 0 Å². The third-order valence-corrected chi connectivity index (χ3v) is 6.87. The van der Waals surface area contributed by atoms with Crippen LogP contribution in [0.15, 0.2) is 24.8 Å². The zero-order valence-corrected chi connectivity index (χ0v) is 23.1. The number of imidazole rings is 1. The van der Waals surface area contributed by atoms with Crippen LogP contribution in [0.1, 0.15) is 68.2 Å². The third-order valence-electron chi connectivity index (χ3n) is 6.56. The van der Waals surface area contributed by atoms with Gasteiger partial charge in [-0.3, -0.25) is 14.7 Å². The molecule has 0 bridgehead atoms. The van der Waals surface area contributed by atoms with E-state index in [2.05, 4.69) is 32.4 Å². The highest BCUT2D eigenvalue weighted by atomic mass is 35.5. The van der Waals surface area contributed by atoms with E-state index in [-0.39, 0.29) is 36.8 Å². The van der Waals surface area contributed by atoms with Crippen LogP contribution in [0.25, 0.3) is 10.9 Å². The lowest BCUT2D eigenvalue weighted by molar-refractivity contribution is -0.141. The van der Waals surface area contributed by atoms with Gasteiger partial charge < -0.3 is 20.1 Å². The van der Waals surface area contributed by atoms with E-state index in [1.165, 1.54) is 9.47 Å². The Morgan fingerprint density at radius 3 is 2.49 bits per heavy atom. The van der Waals surface area contributed by atoms with Crippen LogP contribution in [0.2, 0.25) is 5.02 Å². The number of nitrogens with one attached hydrogen (secondary N) is 3. The molecule has 0 spiro atoms. The number of alkyl halides is 3. The summed E-state index contributed by atoms with van der Waals surface area (Å²) in [5, 5.41) is 14.1. The van der Waals surface area contributed by atoms with Crippen molar-refractivity contribution >= 4 is 40.1 Å². The predicted molar refractivity (Wildman–Crippen MR) is 143 cm³/mol. The number of amides is 2. The molecule has 0 aliphatic carbocycles. The standard InChI is InChI=1S/C26H31ClF3N7O2/c1-7-20(38)36-11-14(12-36)32-24(39)21-22(26(28,29)30)33-19(37(21)13(2)3)10-31-23-15-8-16(25(4,5)6)17(27)9-18(15)34-35-23/h7-9,13-14H,1,10-12H2,2-6H3,(H,32,39)(H2,31,34,35). The van der Waals surface area contributed by atoms with Gasteiger partial charge in [0.15, 0.2) is 11.5 Å². The number of benzene rings is 1. The number of carbonyl (C=O) groups excluding carboxylic acids is 2. The van der Waals surface area contributed by atoms with Crippen LogP contribution in [-0.2, 0) is 22.9 Å². The Bertz CT molecular complexity index is 1430. The smallest absolute Gasteiger partial charge is 0.361 e. The van der Waals surface area contributed by atoms with Crippen molar-refractivity contribution in [1.82, 2.24) is 30.0 Å². The molecule has 13 heteroatoms. The van der Waals surface area contributed by atoms with Crippen molar-refractivity contribution in [2.45, 2.75) is 64.8 Å². The Kier molecular flexibility index (Phi) is 7.46. The van der Waals surface area contributed by atoms with Crippen LogP contribution in [0.5, 0.6) is 0 Å². The van der Waals surface area contributed by atoms with Crippen LogP contribution in [0.4, 0.5) is 19.0 Å². The van der Waals surface area contributed by atoms with Crippen molar-refractivity contribution in [1.29, 1.82) is 0 Å². The molecule has 0 unspecified atom stereocenters. The number of carbonyl (C=O) groups is 2. The van der Waals surface area contributed by atoms with Crippen LogP contribution in [0, 0.1) is 0 Å². The largest absolute Gasteiger partial charge is 0.435 e. The fraction of sp³-hybridized carbons (Fsp3) is 0.462. The van der Waals surface area contributed by atoms with Crippen molar-refractivity contribution < 1.29 is 22.8 Å². The minimum Gasteiger partial charge on any atom is -0.361 e. The fourth-order valence-corrected chi connectivity index (χ4v) is 5.06. The lowest BCUT2D eigenvalue weighted by atomic mass is 9.86. The number of hydrogen-bond donors (Lipinski definition) is 3. The molecule has 3 heterocycles. The molecule has 9 nitrogen and oxygen atoms in total. The van der Waals surface area contributed by atoms with Gasteiger partial charge >= 0.3 is 6.18 Å². The number of hydrogen-bond acceptors (Lipinski definition) is 5. The summed E-state index contributed by atoms with van der Waals surface area (Å²) in [7, 11) is 0. The molecule has 1 saturated heterocycles. The molecule has 210 valence electrons. The highest BCUT2D eigenvalue weighted by Gasteiger charge is 2.42. The van der Waals surface area contributed by atoms with Crippen LogP contribution in [-0.4, -0.2) is 55.6 Å². The zero-order valence-electron chi connectivity index (χ0n) is 22.3. The first kappa shape index (κ1) is 28.5. The Morgan fingerprint density at radius 2 is 1.92 bits per heavy atom. The zero-order chi connectivity index (χ0) is 28.9. The topological polar surface area (TPSA) is 108 Å². The van der Waals surface area contributed by atoms with Crippen LogP contribution in [0.3, 0.4) is 0 Å². The molecule has 1 aliphatic rings. The molecule has 2 amide bonds. The molecule has 3 aromatic rings. The van der Waals surface area contributed by atoms with E-state index >= 15 is 0 Å². The quantitative estimate of drug-likeness (QED) is 0.348.